The van der Waals surface area contributed by atoms with Gasteiger partial charge >= 0.3 is 0 Å². The third-order valence-electron chi connectivity index (χ3n) is 2.59. The molecule has 1 aromatic rings. The van der Waals surface area contributed by atoms with Crippen LogP contribution in [0.25, 0.3) is 0 Å². The van der Waals surface area contributed by atoms with Crippen molar-refractivity contribution in [1.82, 2.24) is 0 Å². The van der Waals surface area contributed by atoms with Gasteiger partial charge in [-0.1, -0.05) is 28.9 Å². The summed E-state index contributed by atoms with van der Waals surface area (Å²) in [6.45, 7) is 2.23. The quantitative estimate of drug-likeness (QED) is 0.723. The molecule has 0 aromatic heterocycles. The highest BCUT2D eigenvalue weighted by Crippen LogP contribution is 2.39. The SMILES string of the molecule is CC1CC(N)c2ccc(Br)cc21. The summed E-state index contributed by atoms with van der Waals surface area (Å²) in [5.41, 5.74) is 8.71. The van der Waals surface area contributed by atoms with Gasteiger partial charge in [-0.05, 0) is 35.6 Å². The zero-order chi connectivity index (χ0) is 8.72. The molecule has 0 aliphatic heterocycles. The predicted molar refractivity (Wildman–Crippen MR) is 54.1 cm³/mol. The summed E-state index contributed by atoms with van der Waals surface area (Å²) in [6.07, 6.45) is 1.09. The summed E-state index contributed by atoms with van der Waals surface area (Å²) >= 11 is 3.47. The van der Waals surface area contributed by atoms with Crippen LogP contribution in [-0.2, 0) is 0 Å². The lowest BCUT2D eigenvalue weighted by Crippen LogP contribution is -2.04. The highest BCUT2D eigenvalue weighted by Gasteiger charge is 2.24. The van der Waals surface area contributed by atoms with Crippen LogP contribution in [0.1, 0.15) is 36.4 Å². The van der Waals surface area contributed by atoms with E-state index in [4.69, 9.17) is 5.73 Å². The maximum absolute atomic E-state index is 5.97. The smallest absolute Gasteiger partial charge is 0.0303 e. The van der Waals surface area contributed by atoms with Crippen molar-refractivity contribution in [3.63, 3.8) is 0 Å². The van der Waals surface area contributed by atoms with Gasteiger partial charge in [0.25, 0.3) is 0 Å². The molecule has 1 aliphatic carbocycles. The molecule has 0 saturated carbocycles. The van der Waals surface area contributed by atoms with Crippen molar-refractivity contribution < 1.29 is 0 Å². The van der Waals surface area contributed by atoms with Crippen molar-refractivity contribution in [2.75, 3.05) is 0 Å². The number of fused-ring (bicyclic) bond motifs is 1. The molecule has 64 valence electrons. The summed E-state index contributed by atoms with van der Waals surface area (Å²) in [6, 6.07) is 6.64. The van der Waals surface area contributed by atoms with Crippen LogP contribution >= 0.6 is 15.9 Å². The van der Waals surface area contributed by atoms with Gasteiger partial charge in [-0.25, -0.2) is 0 Å². The van der Waals surface area contributed by atoms with Gasteiger partial charge < -0.3 is 5.73 Å². The molecular formula is C10H12BrN. The minimum atomic E-state index is 0.253. The standard InChI is InChI=1S/C10H12BrN/c1-6-4-10(12)8-3-2-7(11)5-9(6)8/h2-3,5-6,10H,4,12H2,1H3. The van der Waals surface area contributed by atoms with E-state index < -0.39 is 0 Å². The second-order valence-corrected chi connectivity index (χ2v) is 4.43. The zero-order valence-corrected chi connectivity index (χ0v) is 8.64. The molecule has 1 aliphatic rings. The Morgan fingerprint density at radius 1 is 1.42 bits per heavy atom. The Morgan fingerprint density at radius 3 is 2.92 bits per heavy atom. The van der Waals surface area contributed by atoms with E-state index in [0.717, 1.165) is 10.9 Å². The molecule has 2 N–H and O–H groups in total. The van der Waals surface area contributed by atoms with Crippen LogP contribution in [0.4, 0.5) is 0 Å². The number of nitrogens with two attached hydrogens (primary N) is 1. The Bertz CT molecular complexity index is 309. The molecule has 12 heavy (non-hydrogen) atoms. The van der Waals surface area contributed by atoms with Crippen molar-refractivity contribution in [1.29, 1.82) is 0 Å². The lowest BCUT2D eigenvalue weighted by Gasteiger charge is -2.04. The van der Waals surface area contributed by atoms with Crippen molar-refractivity contribution in [2.24, 2.45) is 5.73 Å². The van der Waals surface area contributed by atoms with Crippen LogP contribution < -0.4 is 5.73 Å². The average molecular weight is 226 g/mol. The first-order valence-corrected chi connectivity index (χ1v) is 5.02. The highest BCUT2D eigenvalue weighted by atomic mass is 79.9. The summed E-state index contributed by atoms with van der Waals surface area (Å²) in [7, 11) is 0. The largest absolute Gasteiger partial charge is 0.324 e. The van der Waals surface area contributed by atoms with Crippen LogP contribution in [-0.4, -0.2) is 0 Å². The Balaban J connectivity index is 2.53. The molecule has 0 saturated heterocycles. The van der Waals surface area contributed by atoms with E-state index in [1.807, 2.05) is 0 Å². The molecule has 1 nitrogen and oxygen atoms in total. The molecule has 0 bridgehead atoms. The van der Waals surface area contributed by atoms with Crippen molar-refractivity contribution >= 4 is 15.9 Å². The van der Waals surface area contributed by atoms with Gasteiger partial charge in [-0.2, -0.15) is 0 Å². The van der Waals surface area contributed by atoms with E-state index in [-0.39, 0.29) is 6.04 Å². The van der Waals surface area contributed by atoms with Gasteiger partial charge in [-0.3, -0.25) is 0 Å². The average Bonchev–Trinajstić information content (AvgIpc) is 2.28. The number of rotatable bonds is 0. The summed E-state index contributed by atoms with van der Waals surface area (Å²) in [4.78, 5) is 0. The normalized spacial score (nSPS) is 27.2. The van der Waals surface area contributed by atoms with E-state index in [1.54, 1.807) is 0 Å². The van der Waals surface area contributed by atoms with Crippen LogP contribution in [0.5, 0.6) is 0 Å². The van der Waals surface area contributed by atoms with E-state index in [1.165, 1.54) is 11.1 Å². The molecule has 2 rings (SSSR count). The molecule has 0 spiro atoms. The van der Waals surface area contributed by atoms with Crippen LogP contribution in [0, 0.1) is 0 Å². The van der Waals surface area contributed by atoms with Gasteiger partial charge in [0, 0.05) is 10.5 Å². The molecule has 0 heterocycles. The Labute approximate surface area is 81.1 Å². The fraction of sp³-hybridized carbons (Fsp3) is 0.400. The van der Waals surface area contributed by atoms with E-state index >= 15 is 0 Å². The van der Waals surface area contributed by atoms with Gasteiger partial charge in [0.2, 0.25) is 0 Å². The second-order valence-electron chi connectivity index (χ2n) is 3.52. The van der Waals surface area contributed by atoms with E-state index in [9.17, 15) is 0 Å². The predicted octanol–water partition coefficient (Wildman–Crippen LogP) is 2.96. The minimum absolute atomic E-state index is 0.253. The van der Waals surface area contributed by atoms with Gasteiger partial charge in [0.05, 0.1) is 0 Å². The van der Waals surface area contributed by atoms with Gasteiger partial charge in [0.1, 0.15) is 0 Å². The number of hydrogen-bond acceptors (Lipinski definition) is 1. The van der Waals surface area contributed by atoms with Crippen molar-refractivity contribution in [3.8, 4) is 0 Å². The zero-order valence-electron chi connectivity index (χ0n) is 7.05. The molecule has 0 radical (unpaired) electrons. The molecule has 1 aromatic carbocycles. The molecule has 2 heteroatoms. The fourth-order valence-corrected chi connectivity index (χ4v) is 2.32. The topological polar surface area (TPSA) is 26.0 Å². The summed E-state index contributed by atoms with van der Waals surface area (Å²) < 4.78 is 1.15. The van der Waals surface area contributed by atoms with E-state index in [0.29, 0.717) is 5.92 Å². The fourth-order valence-electron chi connectivity index (χ4n) is 1.94. The maximum Gasteiger partial charge on any atom is 0.0303 e. The minimum Gasteiger partial charge on any atom is -0.324 e. The van der Waals surface area contributed by atoms with Gasteiger partial charge in [0.15, 0.2) is 0 Å². The molecule has 2 atom stereocenters. The lowest BCUT2D eigenvalue weighted by atomic mass is 10.0. The summed E-state index contributed by atoms with van der Waals surface area (Å²) in [5, 5.41) is 0. The van der Waals surface area contributed by atoms with Crippen LogP contribution in [0.2, 0.25) is 0 Å². The first-order valence-electron chi connectivity index (χ1n) is 4.23. The molecule has 0 amide bonds. The first kappa shape index (κ1) is 8.27. The Hall–Kier alpha value is -0.340. The van der Waals surface area contributed by atoms with Crippen molar-refractivity contribution in [2.45, 2.75) is 25.3 Å². The monoisotopic (exact) mass is 225 g/mol. The number of hydrogen-bond donors (Lipinski definition) is 1. The number of benzene rings is 1. The molecule has 2 unspecified atom stereocenters. The third-order valence-corrected chi connectivity index (χ3v) is 3.08. The Morgan fingerprint density at radius 2 is 2.17 bits per heavy atom. The molecule has 0 fully saturated rings. The summed E-state index contributed by atoms with van der Waals surface area (Å²) in [5.74, 6) is 0.618. The Kier molecular flexibility index (Phi) is 1.97. The number of halogens is 1. The highest BCUT2D eigenvalue weighted by molar-refractivity contribution is 9.10. The third kappa shape index (κ3) is 1.19. The second kappa shape index (κ2) is 2.86. The van der Waals surface area contributed by atoms with Crippen LogP contribution in [0.3, 0.4) is 0 Å². The van der Waals surface area contributed by atoms with Crippen LogP contribution in [0.15, 0.2) is 22.7 Å². The van der Waals surface area contributed by atoms with Gasteiger partial charge in [-0.15, -0.1) is 0 Å². The van der Waals surface area contributed by atoms with Crippen molar-refractivity contribution in [3.05, 3.63) is 33.8 Å². The lowest BCUT2D eigenvalue weighted by molar-refractivity contribution is 0.640. The molecular weight excluding hydrogens is 214 g/mol. The maximum atomic E-state index is 5.97. The van der Waals surface area contributed by atoms with E-state index in [2.05, 4.69) is 41.1 Å². The first-order chi connectivity index (χ1) is 5.68.